The number of hydrogen-bond donors (Lipinski definition) is 1. The van der Waals surface area contributed by atoms with E-state index in [1.54, 1.807) is 31.4 Å². The van der Waals surface area contributed by atoms with Gasteiger partial charge in [-0.3, -0.25) is 4.79 Å². The maximum Gasteiger partial charge on any atom is 0.259 e. The zero-order valence-corrected chi connectivity index (χ0v) is 15.8. The van der Waals surface area contributed by atoms with Crippen LogP contribution in [0.4, 0.5) is 0 Å². The van der Waals surface area contributed by atoms with Gasteiger partial charge in [0.1, 0.15) is 5.69 Å². The number of furan rings is 1. The number of benzene rings is 1. The average Bonchev–Trinajstić information content (AvgIpc) is 3.48. The summed E-state index contributed by atoms with van der Waals surface area (Å²) in [4.78, 5) is 17.6. The second-order valence-electron chi connectivity index (χ2n) is 6.79. The molecule has 0 saturated heterocycles. The smallest absolute Gasteiger partial charge is 0.259 e. The van der Waals surface area contributed by atoms with Crippen LogP contribution < -0.4 is 14.8 Å². The largest absolute Gasteiger partial charge is 0.463 e. The SMILES string of the molecule is Cc1noc2nc(-c3ccco3)cc(C(=O)NC(C)c3ccc4c(c3)OCO4)c12. The number of carbonyl (C=O) groups excluding carboxylic acids is 1. The Balaban J connectivity index is 1.49. The van der Waals surface area contributed by atoms with Crippen LogP contribution in [0.3, 0.4) is 0 Å². The van der Waals surface area contributed by atoms with Gasteiger partial charge < -0.3 is 23.7 Å². The molecule has 0 spiro atoms. The van der Waals surface area contributed by atoms with Crippen LogP contribution in [-0.4, -0.2) is 22.8 Å². The molecular weight excluding hydrogens is 374 g/mol. The van der Waals surface area contributed by atoms with E-state index in [0.717, 1.165) is 5.56 Å². The van der Waals surface area contributed by atoms with Crippen LogP contribution in [0.15, 0.2) is 51.6 Å². The van der Waals surface area contributed by atoms with Crippen molar-refractivity contribution in [1.82, 2.24) is 15.5 Å². The lowest BCUT2D eigenvalue weighted by Gasteiger charge is -2.15. The predicted octanol–water partition coefficient (Wildman–Crippen LogP) is 4.01. The van der Waals surface area contributed by atoms with Crippen molar-refractivity contribution < 1.29 is 23.2 Å². The number of ether oxygens (including phenoxy) is 2. The van der Waals surface area contributed by atoms with Crippen molar-refractivity contribution in [2.45, 2.75) is 19.9 Å². The Hall–Kier alpha value is -3.81. The minimum atomic E-state index is -0.262. The molecule has 8 nitrogen and oxygen atoms in total. The molecule has 8 heteroatoms. The maximum absolute atomic E-state index is 13.2. The summed E-state index contributed by atoms with van der Waals surface area (Å²) in [7, 11) is 0. The predicted molar refractivity (Wildman–Crippen MR) is 103 cm³/mol. The molecule has 1 atom stereocenters. The van der Waals surface area contributed by atoms with Gasteiger partial charge in [-0.1, -0.05) is 11.2 Å². The number of nitrogens with one attached hydrogen (secondary N) is 1. The quantitative estimate of drug-likeness (QED) is 0.561. The first-order valence-electron chi connectivity index (χ1n) is 9.11. The van der Waals surface area contributed by atoms with Gasteiger partial charge in [0.25, 0.3) is 11.6 Å². The Morgan fingerprint density at radius 2 is 2.03 bits per heavy atom. The van der Waals surface area contributed by atoms with Gasteiger partial charge in [0.05, 0.1) is 28.9 Å². The first kappa shape index (κ1) is 17.3. The summed E-state index contributed by atoms with van der Waals surface area (Å²) >= 11 is 0. The van der Waals surface area contributed by atoms with E-state index in [2.05, 4.69) is 15.5 Å². The Bertz CT molecular complexity index is 1210. The van der Waals surface area contributed by atoms with Crippen LogP contribution in [-0.2, 0) is 0 Å². The van der Waals surface area contributed by atoms with Crippen LogP contribution in [0.1, 0.15) is 34.6 Å². The molecule has 146 valence electrons. The highest BCUT2D eigenvalue weighted by Crippen LogP contribution is 2.34. The number of rotatable bonds is 4. The fraction of sp³-hybridized carbons (Fsp3) is 0.190. The third kappa shape index (κ3) is 2.98. The standard InChI is InChI=1S/C21H17N3O5/c1-11(13-5-6-17-18(8-13)28-10-27-17)22-20(25)14-9-15(16-4-3-7-26-16)23-21-19(14)12(2)24-29-21/h3-9,11H,10H2,1-2H3,(H,22,25). The van der Waals surface area contributed by atoms with Crippen LogP contribution >= 0.6 is 0 Å². The number of hydrogen-bond acceptors (Lipinski definition) is 7. The van der Waals surface area contributed by atoms with Crippen molar-refractivity contribution in [1.29, 1.82) is 0 Å². The lowest BCUT2D eigenvalue weighted by molar-refractivity contribution is 0.0941. The number of pyridine rings is 1. The van der Waals surface area contributed by atoms with Crippen molar-refractivity contribution in [2.75, 3.05) is 6.79 Å². The van der Waals surface area contributed by atoms with Crippen LogP contribution in [0.5, 0.6) is 11.5 Å². The monoisotopic (exact) mass is 391 g/mol. The normalized spacial score (nSPS) is 13.6. The first-order chi connectivity index (χ1) is 14.1. The molecule has 0 radical (unpaired) electrons. The van der Waals surface area contributed by atoms with Gasteiger partial charge in [-0.15, -0.1) is 0 Å². The molecule has 0 saturated carbocycles. The van der Waals surface area contributed by atoms with Crippen molar-refractivity contribution in [2.24, 2.45) is 0 Å². The number of aromatic nitrogens is 2. The van der Waals surface area contributed by atoms with E-state index in [4.69, 9.17) is 18.4 Å². The van der Waals surface area contributed by atoms with Crippen molar-refractivity contribution in [3.63, 3.8) is 0 Å². The number of amides is 1. The fourth-order valence-corrected chi connectivity index (χ4v) is 3.36. The Kier molecular flexibility index (Phi) is 3.97. The first-order valence-corrected chi connectivity index (χ1v) is 9.11. The second kappa shape index (κ2) is 6.66. The highest BCUT2D eigenvalue weighted by molar-refractivity contribution is 6.07. The Morgan fingerprint density at radius 3 is 2.86 bits per heavy atom. The summed E-state index contributed by atoms with van der Waals surface area (Å²) < 4.78 is 21.5. The summed E-state index contributed by atoms with van der Waals surface area (Å²) in [6.45, 7) is 3.89. The van der Waals surface area contributed by atoms with Gasteiger partial charge in [-0.2, -0.15) is 0 Å². The maximum atomic E-state index is 13.2. The van der Waals surface area contributed by atoms with Gasteiger partial charge in [-0.05, 0) is 49.7 Å². The molecule has 1 aromatic carbocycles. The van der Waals surface area contributed by atoms with Crippen LogP contribution in [0.25, 0.3) is 22.6 Å². The number of aryl methyl sites for hydroxylation is 1. The Morgan fingerprint density at radius 1 is 1.17 bits per heavy atom. The zero-order chi connectivity index (χ0) is 20.0. The third-order valence-corrected chi connectivity index (χ3v) is 4.88. The summed E-state index contributed by atoms with van der Waals surface area (Å²) in [5, 5.41) is 7.56. The highest BCUT2D eigenvalue weighted by atomic mass is 16.7. The molecular formula is C21H17N3O5. The fourth-order valence-electron chi connectivity index (χ4n) is 3.36. The molecule has 0 aliphatic carbocycles. The lowest BCUT2D eigenvalue weighted by Crippen LogP contribution is -2.27. The molecule has 3 aromatic heterocycles. The molecule has 4 heterocycles. The van der Waals surface area contributed by atoms with Crippen LogP contribution in [0.2, 0.25) is 0 Å². The van der Waals surface area contributed by atoms with E-state index < -0.39 is 0 Å². The highest BCUT2D eigenvalue weighted by Gasteiger charge is 2.22. The summed E-state index contributed by atoms with van der Waals surface area (Å²) in [5.41, 5.74) is 2.71. The third-order valence-electron chi connectivity index (χ3n) is 4.88. The summed E-state index contributed by atoms with van der Waals surface area (Å²) in [6, 6.07) is 10.6. The van der Waals surface area contributed by atoms with E-state index in [-0.39, 0.29) is 24.5 Å². The van der Waals surface area contributed by atoms with Gasteiger partial charge in [0.15, 0.2) is 17.3 Å². The van der Waals surface area contributed by atoms with E-state index >= 15 is 0 Å². The summed E-state index contributed by atoms with van der Waals surface area (Å²) in [6.07, 6.45) is 1.55. The molecule has 1 N–H and O–H groups in total. The molecule has 1 unspecified atom stereocenters. The van der Waals surface area contributed by atoms with E-state index in [0.29, 0.717) is 39.6 Å². The molecule has 5 rings (SSSR count). The number of carbonyl (C=O) groups is 1. The van der Waals surface area contributed by atoms with Crippen molar-refractivity contribution >= 4 is 17.0 Å². The molecule has 1 amide bonds. The minimum Gasteiger partial charge on any atom is -0.463 e. The van der Waals surface area contributed by atoms with Gasteiger partial charge in [0, 0.05) is 0 Å². The zero-order valence-electron chi connectivity index (χ0n) is 15.8. The van der Waals surface area contributed by atoms with Crippen molar-refractivity contribution in [3.05, 3.63) is 59.5 Å². The average molecular weight is 391 g/mol. The van der Waals surface area contributed by atoms with E-state index in [1.165, 1.54) is 0 Å². The van der Waals surface area contributed by atoms with E-state index in [1.807, 2.05) is 25.1 Å². The van der Waals surface area contributed by atoms with Gasteiger partial charge in [0.2, 0.25) is 6.79 Å². The summed E-state index contributed by atoms with van der Waals surface area (Å²) in [5.74, 6) is 1.65. The van der Waals surface area contributed by atoms with E-state index in [9.17, 15) is 4.79 Å². The van der Waals surface area contributed by atoms with Gasteiger partial charge >= 0.3 is 0 Å². The number of fused-ring (bicyclic) bond motifs is 2. The van der Waals surface area contributed by atoms with Crippen LogP contribution in [0, 0.1) is 6.92 Å². The molecule has 1 aliphatic heterocycles. The molecule has 1 aliphatic rings. The molecule has 0 bridgehead atoms. The minimum absolute atomic E-state index is 0.205. The molecule has 4 aromatic rings. The lowest BCUT2D eigenvalue weighted by atomic mass is 10.0. The van der Waals surface area contributed by atoms with Gasteiger partial charge in [-0.25, -0.2) is 4.98 Å². The second-order valence-corrected chi connectivity index (χ2v) is 6.79. The number of nitrogens with zero attached hydrogens (tertiary/aromatic N) is 2. The molecule has 29 heavy (non-hydrogen) atoms. The topological polar surface area (TPSA) is 99.6 Å². The Labute approximate surface area is 165 Å². The van der Waals surface area contributed by atoms with Crippen molar-refractivity contribution in [3.8, 4) is 23.0 Å². The molecule has 0 fully saturated rings.